The van der Waals surface area contributed by atoms with E-state index in [1.807, 2.05) is 0 Å². The Balaban J connectivity index is 2.96. The van der Waals surface area contributed by atoms with Crippen LogP contribution < -0.4 is 9.66 Å². The summed E-state index contributed by atoms with van der Waals surface area (Å²) in [6.45, 7) is 2.88. The van der Waals surface area contributed by atoms with Crippen molar-refractivity contribution in [2.45, 2.75) is 26.2 Å². The molecule has 0 saturated heterocycles. The molecule has 3 nitrogen and oxygen atoms in total. The van der Waals surface area contributed by atoms with Crippen molar-refractivity contribution in [1.29, 1.82) is 0 Å². The Kier molecular flexibility index (Phi) is 6.69. The zero-order chi connectivity index (χ0) is 7.82. The molecule has 0 bridgehead atoms. The summed E-state index contributed by atoms with van der Waals surface area (Å²) in [5.74, 6) is 0. The third-order valence-corrected chi connectivity index (χ3v) is 1.51. The number of nitrogens with one attached hydrogen (secondary N) is 2. The second kappa shape index (κ2) is 6.86. The van der Waals surface area contributed by atoms with Crippen molar-refractivity contribution in [2.24, 2.45) is 0 Å². The Labute approximate surface area is 69.9 Å². The first-order valence-electron chi connectivity index (χ1n) is 3.45. The maximum Gasteiger partial charge on any atom is 0.324 e. The molecule has 0 aliphatic heterocycles. The Bertz CT molecular complexity index is 97.7. The third kappa shape index (κ3) is 5.88. The van der Waals surface area contributed by atoms with Crippen molar-refractivity contribution in [3.8, 4) is 0 Å². The molecule has 0 atom stereocenters. The SMILES string of the molecule is CCCCCNC(=O)NBr. The zero-order valence-electron chi connectivity index (χ0n) is 6.11. The Morgan fingerprint density at radius 1 is 1.50 bits per heavy atom. The number of hydrogen-bond donors (Lipinski definition) is 2. The summed E-state index contributed by atoms with van der Waals surface area (Å²) in [6, 6.07) is -0.170. The maximum absolute atomic E-state index is 10.5. The van der Waals surface area contributed by atoms with Crippen LogP contribution in [-0.4, -0.2) is 12.6 Å². The van der Waals surface area contributed by atoms with E-state index >= 15 is 0 Å². The number of carbonyl (C=O) groups is 1. The fraction of sp³-hybridized carbons (Fsp3) is 0.833. The highest BCUT2D eigenvalue weighted by molar-refractivity contribution is 9.08. The Hall–Kier alpha value is -0.250. The van der Waals surface area contributed by atoms with Gasteiger partial charge in [0.25, 0.3) is 0 Å². The smallest absolute Gasteiger partial charge is 0.324 e. The van der Waals surface area contributed by atoms with Crippen LogP contribution in [0, 0.1) is 0 Å². The lowest BCUT2D eigenvalue weighted by molar-refractivity contribution is 0.246. The fourth-order valence-electron chi connectivity index (χ4n) is 0.610. The minimum atomic E-state index is -0.170. The van der Waals surface area contributed by atoms with E-state index in [1.165, 1.54) is 12.8 Å². The predicted molar refractivity (Wildman–Crippen MR) is 45.0 cm³/mol. The highest BCUT2D eigenvalue weighted by Gasteiger charge is 1.93. The molecule has 0 saturated carbocycles. The lowest BCUT2D eigenvalue weighted by Crippen LogP contribution is -2.30. The van der Waals surface area contributed by atoms with E-state index in [0.717, 1.165) is 13.0 Å². The molecule has 0 aromatic heterocycles. The van der Waals surface area contributed by atoms with Crippen LogP contribution in [0.3, 0.4) is 0 Å². The number of unbranched alkanes of at least 4 members (excludes halogenated alkanes) is 2. The topological polar surface area (TPSA) is 41.1 Å². The first kappa shape index (κ1) is 9.75. The predicted octanol–water partition coefficient (Wildman–Crippen LogP) is 1.79. The monoisotopic (exact) mass is 208 g/mol. The van der Waals surface area contributed by atoms with Crippen LogP contribution in [0.25, 0.3) is 0 Å². The molecule has 0 fully saturated rings. The average molecular weight is 209 g/mol. The van der Waals surface area contributed by atoms with Crippen LogP contribution in [0.2, 0.25) is 0 Å². The number of halogens is 1. The summed E-state index contributed by atoms with van der Waals surface area (Å²) >= 11 is 2.82. The number of amides is 2. The standard InChI is InChI=1S/C6H13BrN2O/c1-2-3-4-5-8-6(10)9-7/h2-5H2,1H3,(H2,8,9,10). The minimum Gasteiger partial charge on any atom is -0.337 e. The van der Waals surface area contributed by atoms with Gasteiger partial charge in [-0.2, -0.15) is 0 Å². The van der Waals surface area contributed by atoms with Crippen molar-refractivity contribution >= 4 is 22.2 Å². The van der Waals surface area contributed by atoms with Crippen molar-refractivity contribution in [2.75, 3.05) is 6.54 Å². The fourth-order valence-corrected chi connectivity index (χ4v) is 0.751. The van der Waals surface area contributed by atoms with Crippen molar-refractivity contribution < 1.29 is 4.79 Å². The molecule has 0 heterocycles. The molecule has 0 unspecified atom stereocenters. The molecule has 0 aliphatic carbocycles. The van der Waals surface area contributed by atoms with Gasteiger partial charge in [-0.15, -0.1) is 0 Å². The normalized spacial score (nSPS) is 9.00. The van der Waals surface area contributed by atoms with Crippen LogP contribution in [0.5, 0.6) is 0 Å². The third-order valence-electron chi connectivity index (χ3n) is 1.15. The van der Waals surface area contributed by atoms with Gasteiger partial charge in [-0.25, -0.2) is 4.79 Å². The number of rotatable bonds is 4. The van der Waals surface area contributed by atoms with Crippen LogP contribution in [0.15, 0.2) is 0 Å². The van der Waals surface area contributed by atoms with Gasteiger partial charge in [0.05, 0.1) is 16.1 Å². The van der Waals surface area contributed by atoms with Crippen molar-refractivity contribution in [1.82, 2.24) is 9.66 Å². The number of hydrogen-bond acceptors (Lipinski definition) is 1. The zero-order valence-corrected chi connectivity index (χ0v) is 7.70. The molecule has 4 heteroatoms. The number of urea groups is 1. The molecule has 0 aliphatic rings. The Morgan fingerprint density at radius 2 is 2.20 bits per heavy atom. The molecule has 0 spiro atoms. The second-order valence-corrected chi connectivity index (χ2v) is 2.45. The Morgan fingerprint density at radius 3 is 2.70 bits per heavy atom. The summed E-state index contributed by atoms with van der Waals surface area (Å²) in [5, 5.41) is 2.67. The molecule has 10 heavy (non-hydrogen) atoms. The van der Waals surface area contributed by atoms with Gasteiger partial charge in [-0.3, -0.25) is 4.34 Å². The van der Waals surface area contributed by atoms with Gasteiger partial charge in [0, 0.05) is 6.54 Å². The highest BCUT2D eigenvalue weighted by Crippen LogP contribution is 1.90. The van der Waals surface area contributed by atoms with Crippen LogP contribution in [0.1, 0.15) is 26.2 Å². The summed E-state index contributed by atoms with van der Waals surface area (Å²) < 4.78 is 2.30. The van der Waals surface area contributed by atoms with E-state index in [1.54, 1.807) is 0 Å². The largest absolute Gasteiger partial charge is 0.337 e. The van der Waals surface area contributed by atoms with E-state index < -0.39 is 0 Å². The van der Waals surface area contributed by atoms with Crippen molar-refractivity contribution in [3.05, 3.63) is 0 Å². The first-order valence-corrected chi connectivity index (χ1v) is 4.25. The van der Waals surface area contributed by atoms with Gasteiger partial charge >= 0.3 is 6.03 Å². The van der Waals surface area contributed by atoms with Gasteiger partial charge in [-0.1, -0.05) is 19.8 Å². The highest BCUT2D eigenvalue weighted by atomic mass is 79.9. The molecule has 2 N–H and O–H groups in total. The minimum absolute atomic E-state index is 0.170. The summed E-state index contributed by atoms with van der Waals surface area (Å²) in [6.07, 6.45) is 3.40. The van der Waals surface area contributed by atoms with E-state index in [4.69, 9.17) is 0 Å². The molecule has 60 valence electrons. The lowest BCUT2D eigenvalue weighted by atomic mass is 10.2. The van der Waals surface area contributed by atoms with E-state index in [2.05, 4.69) is 32.7 Å². The lowest BCUT2D eigenvalue weighted by Gasteiger charge is -2.00. The van der Waals surface area contributed by atoms with E-state index in [9.17, 15) is 4.79 Å². The first-order chi connectivity index (χ1) is 4.81. The van der Waals surface area contributed by atoms with E-state index in [-0.39, 0.29) is 6.03 Å². The molecule has 0 radical (unpaired) electrons. The molecule has 2 amide bonds. The summed E-state index contributed by atoms with van der Waals surface area (Å²) in [7, 11) is 0. The molecule has 0 rings (SSSR count). The summed E-state index contributed by atoms with van der Waals surface area (Å²) in [4.78, 5) is 10.5. The molecular weight excluding hydrogens is 196 g/mol. The van der Waals surface area contributed by atoms with Crippen LogP contribution in [0.4, 0.5) is 4.79 Å². The van der Waals surface area contributed by atoms with E-state index in [0.29, 0.717) is 0 Å². The molecule has 0 aromatic rings. The molecule has 0 aromatic carbocycles. The second-order valence-electron chi connectivity index (χ2n) is 2.06. The van der Waals surface area contributed by atoms with Gasteiger partial charge < -0.3 is 5.32 Å². The van der Waals surface area contributed by atoms with Crippen molar-refractivity contribution in [3.63, 3.8) is 0 Å². The maximum atomic E-state index is 10.5. The number of carbonyl (C=O) groups excluding carboxylic acids is 1. The molecular formula is C6H13BrN2O. The van der Waals surface area contributed by atoms with Gasteiger partial charge in [0.2, 0.25) is 0 Å². The van der Waals surface area contributed by atoms with Gasteiger partial charge in [-0.05, 0) is 6.42 Å². The summed E-state index contributed by atoms with van der Waals surface area (Å²) in [5.41, 5.74) is 0. The quantitative estimate of drug-likeness (QED) is 0.537. The van der Waals surface area contributed by atoms with Crippen LogP contribution >= 0.6 is 16.1 Å². The van der Waals surface area contributed by atoms with Gasteiger partial charge in [0.15, 0.2) is 0 Å². The van der Waals surface area contributed by atoms with Crippen LogP contribution in [-0.2, 0) is 0 Å². The average Bonchev–Trinajstić information content (AvgIpc) is 1.98. The van der Waals surface area contributed by atoms with Gasteiger partial charge in [0.1, 0.15) is 0 Å².